The van der Waals surface area contributed by atoms with Crippen molar-refractivity contribution < 1.29 is 0 Å². The molecule has 1 N–H and O–H groups in total. The van der Waals surface area contributed by atoms with Gasteiger partial charge < -0.3 is 10.2 Å². The number of likely N-dealkylation sites (tertiary alicyclic amines) is 1. The largest absolute Gasteiger partial charge is 0.343 e. The molecule has 3 aromatic rings. The van der Waals surface area contributed by atoms with Crippen molar-refractivity contribution in [3.8, 4) is 5.69 Å². The molecule has 0 unspecified atom stereocenters. The number of benzene rings is 2. The fraction of sp³-hybridized carbons (Fsp3) is 0.286. The molecular weight excluding hydrogens is 336 g/mol. The van der Waals surface area contributed by atoms with E-state index in [1.807, 2.05) is 30.3 Å². The molecule has 1 aliphatic rings. The number of nitrogens with one attached hydrogen (secondary N) is 1. The van der Waals surface area contributed by atoms with E-state index >= 15 is 0 Å². The molecule has 27 heavy (non-hydrogen) atoms. The summed E-state index contributed by atoms with van der Waals surface area (Å²) in [5, 5.41) is 7.67. The Labute approximate surface area is 159 Å². The molecule has 0 bridgehead atoms. The number of rotatable bonds is 4. The maximum absolute atomic E-state index is 4.90. The lowest BCUT2D eigenvalue weighted by Gasteiger charge is -2.30. The molecule has 0 radical (unpaired) electrons. The van der Waals surface area contributed by atoms with Gasteiger partial charge in [0.15, 0.2) is 5.96 Å². The summed E-state index contributed by atoms with van der Waals surface area (Å²) in [7, 11) is 0. The zero-order valence-corrected chi connectivity index (χ0v) is 15.3. The number of nitrogens with zero attached hydrogens (tertiary/aromatic N) is 5. The average Bonchev–Trinajstić information content (AvgIpc) is 3.28. The third-order valence-electron chi connectivity index (χ3n) is 4.72. The first-order valence-electron chi connectivity index (χ1n) is 9.44. The lowest BCUT2D eigenvalue weighted by Crippen LogP contribution is -2.40. The highest BCUT2D eigenvalue weighted by atomic mass is 15.3. The average molecular weight is 360 g/mol. The van der Waals surface area contributed by atoms with Gasteiger partial charge in [-0.2, -0.15) is 5.10 Å². The Kier molecular flexibility index (Phi) is 5.43. The molecule has 6 nitrogen and oxygen atoms in total. The predicted octanol–water partition coefficient (Wildman–Crippen LogP) is 3.72. The van der Waals surface area contributed by atoms with E-state index in [1.54, 1.807) is 17.3 Å². The molecule has 1 saturated heterocycles. The summed E-state index contributed by atoms with van der Waals surface area (Å²) in [4.78, 5) is 11.3. The van der Waals surface area contributed by atoms with E-state index in [9.17, 15) is 0 Å². The second-order valence-electron chi connectivity index (χ2n) is 6.69. The third kappa shape index (κ3) is 4.53. The van der Waals surface area contributed by atoms with E-state index in [-0.39, 0.29) is 0 Å². The van der Waals surface area contributed by atoms with Crippen LogP contribution in [0.15, 0.2) is 72.2 Å². The van der Waals surface area contributed by atoms with Gasteiger partial charge >= 0.3 is 0 Å². The standard InChI is InChI=1S/C21H24N6/c1-3-7-19(8-4-1)25-21(26-13-5-2-6-14-26)23-15-18-9-11-20(12-10-18)27-17-22-16-24-27/h1,3-4,7-12,16-17H,2,5-6,13-15H2,(H,23,25). The molecule has 1 fully saturated rings. The molecule has 1 aromatic heterocycles. The van der Waals surface area contributed by atoms with Gasteiger partial charge in [0.2, 0.25) is 0 Å². The number of hydrogen-bond donors (Lipinski definition) is 1. The first-order chi connectivity index (χ1) is 13.4. The molecule has 2 heterocycles. The molecule has 0 spiro atoms. The van der Waals surface area contributed by atoms with E-state index in [0.29, 0.717) is 6.54 Å². The molecule has 0 saturated carbocycles. The number of anilines is 1. The smallest absolute Gasteiger partial charge is 0.198 e. The van der Waals surface area contributed by atoms with Crippen LogP contribution in [0.4, 0.5) is 5.69 Å². The van der Waals surface area contributed by atoms with Gasteiger partial charge in [-0.3, -0.25) is 0 Å². The van der Waals surface area contributed by atoms with Crippen molar-refractivity contribution >= 4 is 11.6 Å². The minimum Gasteiger partial charge on any atom is -0.343 e. The van der Waals surface area contributed by atoms with Crippen molar-refractivity contribution in [1.82, 2.24) is 19.7 Å². The number of aromatic nitrogens is 3. The summed E-state index contributed by atoms with van der Waals surface area (Å²) in [6.07, 6.45) is 6.99. The summed E-state index contributed by atoms with van der Waals surface area (Å²) in [6, 6.07) is 18.5. The van der Waals surface area contributed by atoms with Gasteiger partial charge in [0.1, 0.15) is 12.7 Å². The number of guanidine groups is 1. The predicted molar refractivity (Wildman–Crippen MR) is 108 cm³/mol. The van der Waals surface area contributed by atoms with Crippen LogP contribution < -0.4 is 5.32 Å². The molecule has 0 aliphatic carbocycles. The zero-order valence-electron chi connectivity index (χ0n) is 15.3. The summed E-state index contributed by atoms with van der Waals surface area (Å²) in [5.74, 6) is 0.959. The van der Waals surface area contributed by atoms with Crippen LogP contribution >= 0.6 is 0 Å². The molecule has 138 valence electrons. The lowest BCUT2D eigenvalue weighted by molar-refractivity contribution is 0.340. The summed E-state index contributed by atoms with van der Waals surface area (Å²) in [6.45, 7) is 2.76. The fourth-order valence-electron chi connectivity index (χ4n) is 3.24. The van der Waals surface area contributed by atoms with Crippen molar-refractivity contribution in [3.63, 3.8) is 0 Å². The van der Waals surface area contributed by atoms with Gasteiger partial charge in [0.05, 0.1) is 12.2 Å². The van der Waals surface area contributed by atoms with Crippen molar-refractivity contribution in [2.75, 3.05) is 18.4 Å². The van der Waals surface area contributed by atoms with Gasteiger partial charge in [-0.25, -0.2) is 14.7 Å². The minimum absolute atomic E-state index is 0.642. The highest BCUT2D eigenvalue weighted by Crippen LogP contribution is 2.14. The second-order valence-corrected chi connectivity index (χ2v) is 6.69. The maximum Gasteiger partial charge on any atom is 0.198 e. The normalized spacial score (nSPS) is 15.0. The van der Waals surface area contributed by atoms with Crippen LogP contribution in [0.5, 0.6) is 0 Å². The van der Waals surface area contributed by atoms with E-state index < -0.39 is 0 Å². The van der Waals surface area contributed by atoms with E-state index in [2.05, 4.69) is 44.6 Å². The van der Waals surface area contributed by atoms with Gasteiger partial charge in [0.25, 0.3) is 0 Å². The van der Waals surface area contributed by atoms with Gasteiger partial charge in [-0.05, 0) is 49.1 Å². The second kappa shape index (κ2) is 8.49. The first kappa shape index (κ1) is 17.3. The Morgan fingerprint density at radius 3 is 2.44 bits per heavy atom. The van der Waals surface area contributed by atoms with Gasteiger partial charge in [0, 0.05) is 18.8 Å². The number of hydrogen-bond acceptors (Lipinski definition) is 3. The van der Waals surface area contributed by atoms with E-state index in [4.69, 9.17) is 4.99 Å². The molecular formula is C21H24N6. The van der Waals surface area contributed by atoms with E-state index in [1.165, 1.54) is 24.8 Å². The lowest BCUT2D eigenvalue weighted by atomic mass is 10.1. The Hall–Kier alpha value is -3.15. The van der Waals surface area contributed by atoms with Crippen LogP contribution in [-0.4, -0.2) is 38.7 Å². The molecule has 0 atom stereocenters. The highest BCUT2D eigenvalue weighted by molar-refractivity contribution is 5.93. The number of aliphatic imine (C=N–C) groups is 1. The Balaban J connectivity index is 1.49. The highest BCUT2D eigenvalue weighted by Gasteiger charge is 2.15. The monoisotopic (exact) mass is 360 g/mol. The quantitative estimate of drug-likeness (QED) is 0.569. The minimum atomic E-state index is 0.642. The Morgan fingerprint density at radius 2 is 1.74 bits per heavy atom. The van der Waals surface area contributed by atoms with Crippen LogP contribution in [0.25, 0.3) is 5.69 Å². The van der Waals surface area contributed by atoms with Crippen molar-refractivity contribution in [2.24, 2.45) is 4.99 Å². The van der Waals surface area contributed by atoms with E-state index in [0.717, 1.165) is 30.4 Å². The van der Waals surface area contributed by atoms with Crippen molar-refractivity contribution in [2.45, 2.75) is 25.8 Å². The Morgan fingerprint density at radius 1 is 0.963 bits per heavy atom. The van der Waals surface area contributed by atoms with Gasteiger partial charge in [-0.1, -0.05) is 30.3 Å². The Bertz CT molecular complexity index is 849. The summed E-state index contributed by atoms with van der Waals surface area (Å²) in [5.41, 5.74) is 3.24. The van der Waals surface area contributed by atoms with Crippen molar-refractivity contribution in [3.05, 3.63) is 72.8 Å². The van der Waals surface area contributed by atoms with Gasteiger partial charge in [-0.15, -0.1) is 0 Å². The first-order valence-corrected chi connectivity index (χ1v) is 9.44. The molecule has 1 aliphatic heterocycles. The third-order valence-corrected chi connectivity index (χ3v) is 4.72. The fourth-order valence-corrected chi connectivity index (χ4v) is 3.24. The van der Waals surface area contributed by atoms with Crippen molar-refractivity contribution in [1.29, 1.82) is 0 Å². The molecule has 0 amide bonds. The summed E-state index contributed by atoms with van der Waals surface area (Å²) >= 11 is 0. The summed E-state index contributed by atoms with van der Waals surface area (Å²) < 4.78 is 1.75. The molecule has 2 aromatic carbocycles. The van der Waals surface area contributed by atoms with Crippen LogP contribution in [-0.2, 0) is 6.54 Å². The number of para-hydroxylation sites is 1. The van der Waals surface area contributed by atoms with Crippen LogP contribution in [0.3, 0.4) is 0 Å². The molecule has 4 rings (SSSR count). The topological polar surface area (TPSA) is 58.3 Å². The zero-order chi connectivity index (χ0) is 18.3. The number of piperidine rings is 1. The van der Waals surface area contributed by atoms with Crippen LogP contribution in [0.1, 0.15) is 24.8 Å². The SMILES string of the molecule is c1ccc(NC(=NCc2ccc(-n3cncn3)cc2)N2CCCCC2)cc1. The van der Waals surface area contributed by atoms with Crippen LogP contribution in [0.2, 0.25) is 0 Å². The molecule has 6 heteroatoms. The maximum atomic E-state index is 4.90. The van der Waals surface area contributed by atoms with Crippen LogP contribution in [0, 0.1) is 0 Å².